The lowest BCUT2D eigenvalue weighted by molar-refractivity contribution is -0.126. The van der Waals surface area contributed by atoms with Gasteiger partial charge in [0.1, 0.15) is 5.75 Å². The molecule has 2 unspecified atom stereocenters. The summed E-state index contributed by atoms with van der Waals surface area (Å²) in [5.74, 6) is 2.81. The molecule has 4 nitrogen and oxygen atoms in total. The van der Waals surface area contributed by atoms with Crippen molar-refractivity contribution < 1.29 is 9.53 Å². The largest absolute Gasteiger partial charge is 0.481 e. The first-order valence-corrected chi connectivity index (χ1v) is 6.77. The van der Waals surface area contributed by atoms with Crippen molar-refractivity contribution in [2.45, 2.75) is 32.4 Å². The van der Waals surface area contributed by atoms with Crippen LogP contribution in [0.3, 0.4) is 0 Å². The van der Waals surface area contributed by atoms with Gasteiger partial charge in [-0.1, -0.05) is 25.0 Å². The fourth-order valence-corrected chi connectivity index (χ4v) is 1.92. The molecule has 1 rings (SSSR count). The molecule has 0 saturated carbocycles. The molecule has 108 valence electrons. The molecule has 0 aliphatic heterocycles. The van der Waals surface area contributed by atoms with Crippen LogP contribution in [0.2, 0.25) is 0 Å². The highest BCUT2D eigenvalue weighted by Crippen LogP contribution is 2.20. The standard InChI is InChI=1S/C16H22N2O2/c1-5-11-18-16(19)12(3)20-14-9-7-13(8-10-14)15(6-2)17-4/h1,7-10,12,15,17H,6,11H2,2-4H3,(H,18,19). The molecule has 0 fully saturated rings. The number of ether oxygens (including phenoxy) is 1. The summed E-state index contributed by atoms with van der Waals surface area (Å²) < 4.78 is 5.57. The van der Waals surface area contributed by atoms with E-state index in [2.05, 4.69) is 23.5 Å². The lowest BCUT2D eigenvalue weighted by atomic mass is 10.0. The summed E-state index contributed by atoms with van der Waals surface area (Å²) in [5.41, 5.74) is 1.20. The number of carbonyl (C=O) groups excluding carboxylic acids is 1. The highest BCUT2D eigenvalue weighted by molar-refractivity contribution is 5.80. The van der Waals surface area contributed by atoms with Crippen LogP contribution in [0.15, 0.2) is 24.3 Å². The molecule has 1 aromatic rings. The monoisotopic (exact) mass is 274 g/mol. The van der Waals surface area contributed by atoms with Crippen molar-refractivity contribution in [3.8, 4) is 18.1 Å². The van der Waals surface area contributed by atoms with Crippen molar-refractivity contribution >= 4 is 5.91 Å². The van der Waals surface area contributed by atoms with E-state index in [4.69, 9.17) is 11.2 Å². The molecular weight excluding hydrogens is 252 g/mol. The van der Waals surface area contributed by atoms with Crippen molar-refractivity contribution in [2.24, 2.45) is 0 Å². The Balaban J connectivity index is 2.61. The number of rotatable bonds is 7. The molecule has 0 radical (unpaired) electrons. The number of carbonyl (C=O) groups is 1. The minimum Gasteiger partial charge on any atom is -0.481 e. The van der Waals surface area contributed by atoms with Gasteiger partial charge in [-0.15, -0.1) is 6.42 Å². The fraction of sp³-hybridized carbons (Fsp3) is 0.438. The Morgan fingerprint density at radius 2 is 2.05 bits per heavy atom. The normalized spacial score (nSPS) is 13.1. The van der Waals surface area contributed by atoms with Crippen LogP contribution >= 0.6 is 0 Å². The highest BCUT2D eigenvalue weighted by atomic mass is 16.5. The Bertz CT molecular complexity index is 458. The lowest BCUT2D eigenvalue weighted by Crippen LogP contribution is -2.36. The molecule has 0 spiro atoms. The second-order valence-corrected chi connectivity index (χ2v) is 4.50. The van der Waals surface area contributed by atoms with Crippen LogP contribution in [-0.4, -0.2) is 25.6 Å². The Morgan fingerprint density at radius 1 is 1.40 bits per heavy atom. The van der Waals surface area contributed by atoms with Crippen molar-refractivity contribution in [3.05, 3.63) is 29.8 Å². The average Bonchev–Trinajstić information content (AvgIpc) is 2.47. The van der Waals surface area contributed by atoms with Gasteiger partial charge in [-0.25, -0.2) is 0 Å². The van der Waals surface area contributed by atoms with Gasteiger partial charge in [0, 0.05) is 6.04 Å². The van der Waals surface area contributed by atoms with Gasteiger partial charge in [-0.2, -0.15) is 0 Å². The van der Waals surface area contributed by atoms with Crippen LogP contribution in [0.25, 0.3) is 0 Å². The Hall–Kier alpha value is -1.99. The zero-order valence-electron chi connectivity index (χ0n) is 12.3. The van der Waals surface area contributed by atoms with Crippen LogP contribution in [0, 0.1) is 12.3 Å². The predicted molar refractivity (Wildman–Crippen MR) is 80.5 cm³/mol. The third-order valence-corrected chi connectivity index (χ3v) is 3.09. The second-order valence-electron chi connectivity index (χ2n) is 4.50. The maximum absolute atomic E-state index is 11.6. The van der Waals surface area contributed by atoms with Crippen LogP contribution in [0.4, 0.5) is 0 Å². The maximum atomic E-state index is 11.6. The van der Waals surface area contributed by atoms with Crippen molar-refractivity contribution in [1.29, 1.82) is 0 Å². The van der Waals surface area contributed by atoms with Gasteiger partial charge >= 0.3 is 0 Å². The number of hydrogen-bond donors (Lipinski definition) is 2. The van der Waals surface area contributed by atoms with Crippen LogP contribution in [-0.2, 0) is 4.79 Å². The minimum atomic E-state index is -0.569. The molecule has 2 N–H and O–H groups in total. The van der Waals surface area contributed by atoms with Crippen LogP contribution in [0.1, 0.15) is 31.9 Å². The molecule has 4 heteroatoms. The first kappa shape index (κ1) is 16.1. The zero-order valence-corrected chi connectivity index (χ0v) is 12.3. The topological polar surface area (TPSA) is 50.4 Å². The maximum Gasteiger partial charge on any atom is 0.261 e. The van der Waals surface area contributed by atoms with E-state index in [-0.39, 0.29) is 12.5 Å². The van der Waals surface area contributed by atoms with E-state index in [1.807, 2.05) is 31.3 Å². The first-order valence-electron chi connectivity index (χ1n) is 6.77. The van der Waals surface area contributed by atoms with Crippen molar-refractivity contribution in [1.82, 2.24) is 10.6 Å². The zero-order chi connectivity index (χ0) is 15.0. The molecule has 0 aliphatic rings. The summed E-state index contributed by atoms with van der Waals surface area (Å²) in [6, 6.07) is 8.10. The van der Waals surface area contributed by atoms with Gasteiger partial charge < -0.3 is 15.4 Å². The van der Waals surface area contributed by atoms with Crippen molar-refractivity contribution in [3.63, 3.8) is 0 Å². The van der Waals surface area contributed by atoms with Gasteiger partial charge in [-0.3, -0.25) is 4.79 Å². The van der Waals surface area contributed by atoms with E-state index in [9.17, 15) is 4.79 Å². The predicted octanol–water partition coefficient (Wildman–Crippen LogP) is 1.87. The van der Waals surface area contributed by atoms with Gasteiger partial charge in [-0.05, 0) is 38.1 Å². The number of benzene rings is 1. The summed E-state index contributed by atoms with van der Waals surface area (Å²) in [6.45, 7) is 4.04. The average molecular weight is 274 g/mol. The summed E-state index contributed by atoms with van der Waals surface area (Å²) in [4.78, 5) is 11.6. The smallest absolute Gasteiger partial charge is 0.261 e. The molecule has 0 aliphatic carbocycles. The lowest BCUT2D eigenvalue weighted by Gasteiger charge is -2.16. The molecule has 1 aromatic carbocycles. The number of terminal acetylenes is 1. The van der Waals surface area contributed by atoms with E-state index in [0.717, 1.165) is 6.42 Å². The molecule has 2 atom stereocenters. The third kappa shape index (κ3) is 4.60. The van der Waals surface area contributed by atoms with E-state index >= 15 is 0 Å². The Morgan fingerprint density at radius 3 is 2.55 bits per heavy atom. The summed E-state index contributed by atoms with van der Waals surface area (Å²) in [7, 11) is 1.94. The van der Waals surface area contributed by atoms with Gasteiger partial charge in [0.05, 0.1) is 6.54 Å². The van der Waals surface area contributed by atoms with Gasteiger partial charge in [0.15, 0.2) is 6.10 Å². The van der Waals surface area contributed by atoms with E-state index in [1.165, 1.54) is 5.56 Å². The third-order valence-electron chi connectivity index (χ3n) is 3.09. The SMILES string of the molecule is C#CCNC(=O)C(C)Oc1ccc(C(CC)NC)cc1. The van der Waals surface area contributed by atoms with Crippen LogP contribution in [0.5, 0.6) is 5.75 Å². The van der Waals surface area contributed by atoms with E-state index in [0.29, 0.717) is 11.8 Å². The molecule has 0 aromatic heterocycles. The van der Waals surface area contributed by atoms with Crippen molar-refractivity contribution in [2.75, 3.05) is 13.6 Å². The van der Waals surface area contributed by atoms with Gasteiger partial charge in [0.25, 0.3) is 5.91 Å². The summed E-state index contributed by atoms with van der Waals surface area (Å²) >= 11 is 0. The second kappa shape index (κ2) is 8.23. The number of amides is 1. The molecule has 0 bridgehead atoms. The molecule has 20 heavy (non-hydrogen) atoms. The van der Waals surface area contributed by atoms with E-state index in [1.54, 1.807) is 6.92 Å². The quantitative estimate of drug-likeness (QED) is 0.746. The van der Waals surface area contributed by atoms with Gasteiger partial charge in [0.2, 0.25) is 0 Å². The molecule has 0 saturated heterocycles. The highest BCUT2D eigenvalue weighted by Gasteiger charge is 2.14. The molecular formula is C16H22N2O2. The Kier molecular flexibility index (Phi) is 6.61. The fourth-order valence-electron chi connectivity index (χ4n) is 1.92. The summed E-state index contributed by atoms with van der Waals surface area (Å²) in [5, 5.41) is 5.84. The van der Waals surface area contributed by atoms with Crippen LogP contribution < -0.4 is 15.4 Å². The first-order chi connectivity index (χ1) is 9.62. The molecule has 1 amide bonds. The minimum absolute atomic E-state index is 0.214. The van der Waals surface area contributed by atoms with E-state index < -0.39 is 6.10 Å². The number of nitrogens with one attached hydrogen (secondary N) is 2. The Labute approximate surface area is 120 Å². The number of hydrogen-bond acceptors (Lipinski definition) is 3. The molecule has 0 heterocycles. The summed E-state index contributed by atoms with van der Waals surface area (Å²) in [6.07, 6.45) is 5.54.